The summed E-state index contributed by atoms with van der Waals surface area (Å²) in [6, 6.07) is 7.62. The number of fused-ring (bicyclic) bond motifs is 1. The summed E-state index contributed by atoms with van der Waals surface area (Å²) in [4.78, 5) is 37.9. The Labute approximate surface area is 181 Å². The molecule has 1 aliphatic rings. The van der Waals surface area contributed by atoms with E-state index in [9.17, 15) is 9.59 Å². The Hall–Kier alpha value is -3.29. The van der Waals surface area contributed by atoms with E-state index in [2.05, 4.69) is 15.1 Å². The second-order valence-electron chi connectivity index (χ2n) is 8.13. The van der Waals surface area contributed by atoms with E-state index in [1.54, 1.807) is 40.3 Å². The highest BCUT2D eigenvalue weighted by Gasteiger charge is 2.27. The number of amides is 2. The Bertz CT molecular complexity index is 1030. The molecule has 4 rings (SSSR count). The predicted octanol–water partition coefficient (Wildman–Crippen LogP) is 2.46. The van der Waals surface area contributed by atoms with E-state index in [-0.39, 0.29) is 11.8 Å². The van der Waals surface area contributed by atoms with Crippen molar-refractivity contribution in [1.29, 1.82) is 0 Å². The van der Waals surface area contributed by atoms with Gasteiger partial charge in [0.05, 0.1) is 6.20 Å². The van der Waals surface area contributed by atoms with Gasteiger partial charge in [-0.2, -0.15) is 5.10 Å². The van der Waals surface area contributed by atoms with Gasteiger partial charge in [-0.1, -0.05) is 6.07 Å². The average Bonchev–Trinajstić information content (AvgIpc) is 3.25. The number of hydrogen-bond donors (Lipinski definition) is 0. The first kappa shape index (κ1) is 21.0. The molecule has 4 heterocycles. The molecule has 2 amide bonds. The lowest BCUT2D eigenvalue weighted by Gasteiger charge is -2.32. The third-order valence-electron chi connectivity index (χ3n) is 5.94. The minimum absolute atomic E-state index is 0.0304. The second kappa shape index (κ2) is 9.68. The van der Waals surface area contributed by atoms with Crippen LogP contribution in [0.5, 0.6) is 0 Å². The molecule has 162 valence electrons. The van der Waals surface area contributed by atoms with Crippen LogP contribution in [-0.2, 0) is 11.2 Å². The van der Waals surface area contributed by atoms with Crippen molar-refractivity contribution in [2.24, 2.45) is 5.92 Å². The largest absolute Gasteiger partial charge is 0.345 e. The van der Waals surface area contributed by atoms with E-state index >= 15 is 0 Å². The summed E-state index contributed by atoms with van der Waals surface area (Å²) in [6.45, 7) is 2.07. The summed E-state index contributed by atoms with van der Waals surface area (Å²) < 4.78 is 1.62. The number of pyridine rings is 1. The van der Waals surface area contributed by atoms with E-state index in [1.807, 2.05) is 30.1 Å². The van der Waals surface area contributed by atoms with Crippen molar-refractivity contribution in [3.05, 3.63) is 60.3 Å². The summed E-state index contributed by atoms with van der Waals surface area (Å²) in [6.07, 6.45) is 10.9. The molecule has 0 radical (unpaired) electrons. The summed E-state index contributed by atoms with van der Waals surface area (Å²) >= 11 is 0. The maximum atomic E-state index is 13.0. The molecule has 1 saturated heterocycles. The first-order chi connectivity index (χ1) is 15.1. The Kier molecular flexibility index (Phi) is 6.54. The maximum absolute atomic E-state index is 13.0. The monoisotopic (exact) mass is 420 g/mol. The Morgan fingerprint density at radius 3 is 2.90 bits per heavy atom. The average molecular weight is 421 g/mol. The molecule has 1 aliphatic heterocycles. The van der Waals surface area contributed by atoms with Crippen LogP contribution in [0.1, 0.15) is 41.7 Å². The zero-order valence-corrected chi connectivity index (χ0v) is 17.9. The van der Waals surface area contributed by atoms with Gasteiger partial charge in [-0.3, -0.25) is 14.6 Å². The van der Waals surface area contributed by atoms with Crippen LogP contribution in [0.4, 0.5) is 0 Å². The fourth-order valence-electron chi connectivity index (χ4n) is 4.10. The van der Waals surface area contributed by atoms with Gasteiger partial charge in [0.25, 0.3) is 5.91 Å². The highest BCUT2D eigenvalue weighted by Crippen LogP contribution is 2.23. The van der Waals surface area contributed by atoms with Crippen LogP contribution >= 0.6 is 0 Å². The smallest absolute Gasteiger partial charge is 0.259 e. The molecular formula is C23H28N6O2. The van der Waals surface area contributed by atoms with Crippen molar-refractivity contribution >= 4 is 17.5 Å². The first-order valence-electron chi connectivity index (χ1n) is 10.8. The molecule has 3 aromatic heterocycles. The van der Waals surface area contributed by atoms with Gasteiger partial charge in [-0.05, 0) is 43.4 Å². The van der Waals surface area contributed by atoms with Crippen molar-refractivity contribution in [2.45, 2.75) is 32.1 Å². The predicted molar refractivity (Wildman–Crippen MR) is 116 cm³/mol. The number of carbonyl (C=O) groups is 2. The molecule has 0 bridgehead atoms. The Morgan fingerprint density at radius 2 is 2.06 bits per heavy atom. The van der Waals surface area contributed by atoms with Crippen LogP contribution in [0.25, 0.3) is 5.65 Å². The number of rotatable bonds is 7. The van der Waals surface area contributed by atoms with Crippen LogP contribution < -0.4 is 0 Å². The molecule has 1 fully saturated rings. The zero-order chi connectivity index (χ0) is 21.6. The minimum Gasteiger partial charge on any atom is -0.345 e. The van der Waals surface area contributed by atoms with Crippen molar-refractivity contribution in [3.8, 4) is 0 Å². The number of likely N-dealkylation sites (tertiary alicyclic amines) is 1. The number of carbonyl (C=O) groups excluding carboxylic acids is 2. The van der Waals surface area contributed by atoms with Gasteiger partial charge in [-0.15, -0.1) is 0 Å². The summed E-state index contributed by atoms with van der Waals surface area (Å²) in [5.41, 5.74) is 2.11. The van der Waals surface area contributed by atoms with Crippen molar-refractivity contribution in [2.75, 3.05) is 26.7 Å². The molecule has 0 aromatic carbocycles. The van der Waals surface area contributed by atoms with E-state index in [0.717, 1.165) is 37.9 Å². The molecule has 0 unspecified atom stereocenters. The van der Waals surface area contributed by atoms with E-state index in [4.69, 9.17) is 0 Å². The number of nitrogens with zero attached hydrogens (tertiary/aromatic N) is 6. The van der Waals surface area contributed by atoms with Crippen LogP contribution in [0.15, 0.2) is 49.1 Å². The number of hydrogen-bond acceptors (Lipinski definition) is 5. The molecule has 3 aromatic rings. The van der Waals surface area contributed by atoms with Gasteiger partial charge in [0.2, 0.25) is 5.91 Å². The Morgan fingerprint density at radius 1 is 1.19 bits per heavy atom. The van der Waals surface area contributed by atoms with E-state index in [1.165, 1.54) is 0 Å². The fourth-order valence-corrected chi connectivity index (χ4v) is 4.10. The molecule has 0 spiro atoms. The summed E-state index contributed by atoms with van der Waals surface area (Å²) in [5, 5.41) is 4.22. The Balaban J connectivity index is 1.27. The van der Waals surface area contributed by atoms with Crippen LogP contribution in [-0.4, -0.2) is 67.9 Å². The molecule has 8 heteroatoms. The maximum Gasteiger partial charge on any atom is 0.259 e. The summed E-state index contributed by atoms with van der Waals surface area (Å²) in [5.74, 6) is 0.448. The van der Waals surface area contributed by atoms with E-state index < -0.39 is 0 Å². The van der Waals surface area contributed by atoms with Gasteiger partial charge in [-0.25, -0.2) is 9.50 Å². The molecular weight excluding hydrogens is 392 g/mol. The molecule has 1 atom stereocenters. The van der Waals surface area contributed by atoms with Gasteiger partial charge >= 0.3 is 0 Å². The first-order valence-corrected chi connectivity index (χ1v) is 10.8. The van der Waals surface area contributed by atoms with Crippen LogP contribution in [0.3, 0.4) is 0 Å². The molecule has 0 N–H and O–H groups in total. The molecule has 31 heavy (non-hydrogen) atoms. The minimum atomic E-state index is -0.0304. The van der Waals surface area contributed by atoms with Gasteiger partial charge in [0, 0.05) is 63.8 Å². The van der Waals surface area contributed by atoms with Crippen molar-refractivity contribution in [3.63, 3.8) is 0 Å². The molecule has 8 nitrogen and oxygen atoms in total. The number of piperidine rings is 1. The quantitative estimate of drug-likeness (QED) is 0.586. The fraction of sp³-hybridized carbons (Fsp3) is 0.435. The van der Waals surface area contributed by atoms with Crippen LogP contribution in [0.2, 0.25) is 0 Å². The SMILES string of the molecule is CN(CCc1ccccn1)C(=O)CC[C@@H]1CCCN(C(=O)c2cnn3cccnc23)C1. The van der Waals surface area contributed by atoms with Gasteiger partial charge < -0.3 is 9.80 Å². The van der Waals surface area contributed by atoms with E-state index in [0.29, 0.717) is 36.6 Å². The van der Waals surface area contributed by atoms with Gasteiger partial charge in [0.15, 0.2) is 5.65 Å². The lowest BCUT2D eigenvalue weighted by Crippen LogP contribution is -2.40. The summed E-state index contributed by atoms with van der Waals surface area (Å²) in [7, 11) is 1.85. The van der Waals surface area contributed by atoms with Crippen LogP contribution in [0, 0.1) is 5.92 Å². The molecule has 0 aliphatic carbocycles. The van der Waals surface area contributed by atoms with Gasteiger partial charge in [0.1, 0.15) is 5.56 Å². The topological polar surface area (TPSA) is 83.7 Å². The second-order valence-corrected chi connectivity index (χ2v) is 8.13. The number of aromatic nitrogens is 4. The lowest BCUT2D eigenvalue weighted by atomic mass is 9.93. The third kappa shape index (κ3) is 5.07. The standard InChI is InChI=1S/C23H28N6O2/c1-27(15-10-19-7-2-3-11-24-19)21(30)9-8-18-6-4-13-28(17-18)23(31)20-16-26-29-14-5-12-25-22(20)29/h2-3,5,7,11-12,14,16,18H,4,6,8-10,13,15,17H2,1H3/t18-/m0/s1. The normalized spacial score (nSPS) is 16.4. The van der Waals surface area contributed by atoms with Crippen molar-refractivity contribution in [1.82, 2.24) is 29.4 Å². The lowest BCUT2D eigenvalue weighted by molar-refractivity contribution is -0.130. The number of likely N-dealkylation sites (N-methyl/N-ethyl adjacent to an activating group) is 1. The highest BCUT2D eigenvalue weighted by molar-refractivity contribution is 5.99. The third-order valence-corrected chi connectivity index (χ3v) is 5.94. The molecule has 0 saturated carbocycles. The zero-order valence-electron chi connectivity index (χ0n) is 17.9. The van der Waals surface area contributed by atoms with Crippen molar-refractivity contribution < 1.29 is 9.59 Å². The highest BCUT2D eigenvalue weighted by atomic mass is 16.2.